The molecule has 3 N–H and O–H groups in total. The summed E-state index contributed by atoms with van der Waals surface area (Å²) in [6, 6.07) is 28.2. The number of anilines is 2. The highest BCUT2D eigenvalue weighted by molar-refractivity contribution is 5.93. The molecule has 0 unspecified atom stereocenters. The van der Waals surface area contributed by atoms with Gasteiger partial charge in [-0.1, -0.05) is 54.6 Å². The van der Waals surface area contributed by atoms with Gasteiger partial charge in [-0.3, -0.25) is 14.7 Å². The Balaban J connectivity index is 1.08. The van der Waals surface area contributed by atoms with Gasteiger partial charge in [0.15, 0.2) is 0 Å². The van der Waals surface area contributed by atoms with Crippen molar-refractivity contribution in [2.75, 3.05) is 50.0 Å². The van der Waals surface area contributed by atoms with Crippen LogP contribution in [0.4, 0.5) is 11.4 Å². The molecule has 40 heavy (non-hydrogen) atoms. The van der Waals surface area contributed by atoms with Gasteiger partial charge < -0.3 is 20.4 Å². The number of benzene rings is 3. The van der Waals surface area contributed by atoms with Crippen LogP contribution in [0.2, 0.25) is 0 Å². The van der Waals surface area contributed by atoms with Gasteiger partial charge in [-0.05, 0) is 54.9 Å². The highest BCUT2D eigenvalue weighted by Crippen LogP contribution is 2.27. The van der Waals surface area contributed by atoms with Crippen molar-refractivity contribution in [3.8, 4) is 22.5 Å². The second-order valence-corrected chi connectivity index (χ2v) is 10.2. The minimum Gasteiger partial charge on any atom is -0.369 e. The molecule has 0 radical (unpaired) electrons. The SMILES string of the molecule is CN1CCN(c2ccc(-c3cc(-c4ccc(NC(=O)CCC(=O)NCCc5ccccc5)cc4)[nH]n3)cc2)CC1. The van der Waals surface area contributed by atoms with E-state index < -0.39 is 0 Å². The first-order chi connectivity index (χ1) is 19.5. The molecule has 8 nitrogen and oxygen atoms in total. The zero-order valence-corrected chi connectivity index (χ0v) is 22.9. The molecule has 1 aliphatic rings. The van der Waals surface area contributed by atoms with E-state index in [9.17, 15) is 9.59 Å². The third-order valence-electron chi connectivity index (χ3n) is 7.25. The Labute approximate surface area is 235 Å². The molecule has 0 bridgehead atoms. The Morgan fingerprint density at radius 2 is 1.50 bits per heavy atom. The first-order valence-corrected chi connectivity index (χ1v) is 13.8. The van der Waals surface area contributed by atoms with Crippen molar-refractivity contribution in [2.45, 2.75) is 19.3 Å². The van der Waals surface area contributed by atoms with Gasteiger partial charge in [-0.2, -0.15) is 5.10 Å². The van der Waals surface area contributed by atoms with E-state index >= 15 is 0 Å². The summed E-state index contributed by atoms with van der Waals surface area (Å²) in [6.45, 7) is 4.81. The number of likely N-dealkylation sites (N-methyl/N-ethyl adjacent to an activating group) is 1. The average molecular weight is 537 g/mol. The number of carbonyl (C=O) groups is 2. The predicted molar refractivity (Wildman–Crippen MR) is 160 cm³/mol. The summed E-state index contributed by atoms with van der Waals surface area (Å²) in [5.74, 6) is -0.305. The molecular formula is C32H36N6O2. The minimum atomic E-state index is -0.185. The molecule has 4 aromatic rings. The zero-order chi connectivity index (χ0) is 27.7. The standard InChI is InChI=1S/C32H36N6O2/c1-37-19-21-38(22-20-37)28-13-9-26(10-14-28)30-23-29(35-36-30)25-7-11-27(12-8-25)34-32(40)16-15-31(39)33-18-17-24-5-3-2-4-6-24/h2-14,23H,15-22H2,1H3,(H,33,39)(H,34,40)(H,35,36). The van der Waals surface area contributed by atoms with E-state index in [1.54, 1.807) is 0 Å². The predicted octanol–water partition coefficient (Wildman–Crippen LogP) is 4.57. The van der Waals surface area contributed by atoms with Crippen LogP contribution in [0.3, 0.4) is 0 Å². The van der Waals surface area contributed by atoms with Gasteiger partial charge in [0.25, 0.3) is 0 Å². The molecule has 1 aliphatic heterocycles. The number of hydrogen-bond acceptors (Lipinski definition) is 5. The monoisotopic (exact) mass is 536 g/mol. The van der Waals surface area contributed by atoms with Crippen molar-refractivity contribution in [1.82, 2.24) is 20.4 Å². The van der Waals surface area contributed by atoms with Gasteiger partial charge in [-0.15, -0.1) is 0 Å². The van der Waals surface area contributed by atoms with Crippen molar-refractivity contribution in [3.05, 3.63) is 90.5 Å². The number of carbonyl (C=O) groups excluding carboxylic acids is 2. The Kier molecular flexibility index (Phi) is 8.88. The number of nitrogens with zero attached hydrogens (tertiary/aromatic N) is 3. The Bertz CT molecular complexity index is 1390. The van der Waals surface area contributed by atoms with Crippen molar-refractivity contribution in [1.29, 1.82) is 0 Å². The number of rotatable bonds is 10. The lowest BCUT2D eigenvalue weighted by Gasteiger charge is -2.34. The molecule has 5 rings (SSSR count). The van der Waals surface area contributed by atoms with Crippen molar-refractivity contribution >= 4 is 23.2 Å². The first-order valence-electron chi connectivity index (χ1n) is 13.8. The molecule has 0 saturated carbocycles. The molecule has 0 spiro atoms. The number of nitrogens with one attached hydrogen (secondary N) is 3. The lowest BCUT2D eigenvalue weighted by molar-refractivity contribution is -0.124. The van der Waals surface area contributed by atoms with E-state index in [1.807, 2.05) is 60.7 Å². The molecule has 206 valence electrons. The molecule has 1 aromatic heterocycles. The van der Waals surface area contributed by atoms with Crippen LogP contribution in [0.25, 0.3) is 22.5 Å². The number of H-pyrrole nitrogens is 1. The first kappa shape index (κ1) is 27.1. The minimum absolute atomic E-state index is 0.120. The Hall–Kier alpha value is -4.43. The fraction of sp³-hybridized carbons (Fsp3) is 0.281. The van der Waals surface area contributed by atoms with Crippen LogP contribution in [0.15, 0.2) is 84.9 Å². The van der Waals surface area contributed by atoms with E-state index in [2.05, 4.69) is 61.9 Å². The number of aromatic amines is 1. The molecule has 1 fully saturated rings. The summed E-state index contributed by atoms with van der Waals surface area (Å²) in [4.78, 5) is 29.2. The normalized spacial score (nSPS) is 13.7. The molecule has 2 heterocycles. The van der Waals surface area contributed by atoms with Gasteiger partial charge in [0, 0.05) is 62.5 Å². The Morgan fingerprint density at radius 3 is 2.23 bits per heavy atom. The summed E-state index contributed by atoms with van der Waals surface area (Å²) < 4.78 is 0. The molecule has 8 heteroatoms. The molecule has 2 amide bonds. The Morgan fingerprint density at radius 1 is 0.825 bits per heavy atom. The summed E-state index contributed by atoms with van der Waals surface area (Å²) in [5.41, 5.74) is 6.94. The second kappa shape index (κ2) is 13.1. The maximum absolute atomic E-state index is 12.4. The van der Waals surface area contributed by atoms with Gasteiger partial charge in [0.05, 0.1) is 11.4 Å². The molecule has 0 aliphatic carbocycles. The van der Waals surface area contributed by atoms with E-state index in [4.69, 9.17) is 0 Å². The van der Waals surface area contributed by atoms with Crippen molar-refractivity contribution in [2.24, 2.45) is 0 Å². The van der Waals surface area contributed by atoms with Crippen LogP contribution < -0.4 is 15.5 Å². The van der Waals surface area contributed by atoms with Crippen LogP contribution in [0, 0.1) is 0 Å². The number of aromatic nitrogens is 2. The van der Waals surface area contributed by atoms with Crippen LogP contribution in [-0.4, -0.2) is 66.7 Å². The maximum atomic E-state index is 12.4. The molecule has 0 atom stereocenters. The van der Waals surface area contributed by atoms with Crippen LogP contribution in [0.1, 0.15) is 18.4 Å². The quantitative estimate of drug-likeness (QED) is 0.276. The number of amides is 2. The van der Waals surface area contributed by atoms with Crippen LogP contribution in [0.5, 0.6) is 0 Å². The van der Waals surface area contributed by atoms with Crippen LogP contribution >= 0.6 is 0 Å². The van der Waals surface area contributed by atoms with E-state index in [-0.39, 0.29) is 24.7 Å². The largest absolute Gasteiger partial charge is 0.369 e. The fourth-order valence-corrected chi connectivity index (χ4v) is 4.79. The maximum Gasteiger partial charge on any atom is 0.224 e. The number of piperazine rings is 1. The van der Waals surface area contributed by atoms with Crippen molar-refractivity contribution in [3.63, 3.8) is 0 Å². The highest BCUT2D eigenvalue weighted by atomic mass is 16.2. The molecular weight excluding hydrogens is 500 g/mol. The zero-order valence-electron chi connectivity index (χ0n) is 22.9. The summed E-state index contributed by atoms with van der Waals surface area (Å²) in [6.07, 6.45) is 1.06. The molecule has 1 saturated heterocycles. The summed E-state index contributed by atoms with van der Waals surface area (Å²) in [7, 11) is 2.16. The summed E-state index contributed by atoms with van der Waals surface area (Å²) >= 11 is 0. The van der Waals surface area contributed by atoms with Gasteiger partial charge in [0.2, 0.25) is 11.8 Å². The fourth-order valence-electron chi connectivity index (χ4n) is 4.79. The average Bonchev–Trinajstić information content (AvgIpc) is 3.48. The number of hydrogen-bond donors (Lipinski definition) is 3. The lowest BCUT2D eigenvalue weighted by Crippen LogP contribution is -2.44. The third kappa shape index (κ3) is 7.36. The van der Waals surface area contributed by atoms with E-state index in [1.165, 1.54) is 11.3 Å². The molecule has 3 aromatic carbocycles. The van der Waals surface area contributed by atoms with Gasteiger partial charge in [0.1, 0.15) is 0 Å². The van der Waals surface area contributed by atoms with Gasteiger partial charge >= 0.3 is 0 Å². The third-order valence-corrected chi connectivity index (χ3v) is 7.25. The second-order valence-electron chi connectivity index (χ2n) is 10.2. The highest BCUT2D eigenvalue weighted by Gasteiger charge is 2.15. The topological polar surface area (TPSA) is 93.4 Å². The van der Waals surface area contributed by atoms with Gasteiger partial charge in [-0.25, -0.2) is 0 Å². The summed E-state index contributed by atoms with van der Waals surface area (Å²) in [5, 5.41) is 13.4. The lowest BCUT2D eigenvalue weighted by atomic mass is 10.1. The van der Waals surface area contributed by atoms with E-state index in [0.29, 0.717) is 12.2 Å². The van der Waals surface area contributed by atoms with Crippen molar-refractivity contribution < 1.29 is 9.59 Å². The smallest absolute Gasteiger partial charge is 0.224 e. The van der Waals surface area contributed by atoms with Crippen LogP contribution in [-0.2, 0) is 16.0 Å². The van der Waals surface area contributed by atoms with E-state index in [0.717, 1.165) is 55.1 Å².